The van der Waals surface area contributed by atoms with Crippen molar-refractivity contribution in [3.8, 4) is 0 Å². The van der Waals surface area contributed by atoms with Crippen molar-refractivity contribution >= 4 is 27.3 Å². The molecule has 112 valence electrons. The molecule has 0 unspecified atom stereocenters. The molecule has 3 rings (SSSR count). The van der Waals surface area contributed by atoms with Gasteiger partial charge in [0.1, 0.15) is 5.82 Å². The van der Waals surface area contributed by atoms with Gasteiger partial charge in [-0.25, -0.2) is 4.39 Å². The second kappa shape index (κ2) is 6.09. The fraction of sp³-hybridized carbons (Fsp3) is 0.400. The highest BCUT2D eigenvalue weighted by Crippen LogP contribution is 2.33. The van der Waals surface area contributed by atoms with E-state index in [1.165, 1.54) is 17.4 Å². The third-order valence-electron chi connectivity index (χ3n) is 3.65. The minimum Gasteiger partial charge on any atom is -0.380 e. The van der Waals surface area contributed by atoms with Gasteiger partial charge in [0.2, 0.25) is 0 Å². The number of halogens is 1. The van der Waals surface area contributed by atoms with Crippen molar-refractivity contribution in [2.45, 2.75) is 19.1 Å². The molecule has 1 fully saturated rings. The Labute approximate surface area is 126 Å². The Morgan fingerprint density at radius 2 is 2.43 bits per heavy atom. The predicted molar refractivity (Wildman–Crippen MR) is 81.2 cm³/mol. The van der Waals surface area contributed by atoms with Gasteiger partial charge in [-0.05, 0) is 25.1 Å². The Kier molecular flexibility index (Phi) is 4.19. The molecule has 0 aliphatic carbocycles. The van der Waals surface area contributed by atoms with Crippen molar-refractivity contribution in [3.05, 3.63) is 34.5 Å². The second-order valence-corrected chi connectivity index (χ2v) is 6.17. The van der Waals surface area contributed by atoms with Crippen LogP contribution in [0.25, 0.3) is 10.1 Å². The molecule has 0 spiro atoms. The summed E-state index contributed by atoms with van der Waals surface area (Å²) in [7, 11) is 1.55. The molecule has 6 heteroatoms. The largest absolute Gasteiger partial charge is 0.380 e. The maximum Gasteiger partial charge on any atom is 0.262 e. The molecule has 1 saturated heterocycles. The lowest BCUT2D eigenvalue weighted by atomic mass is 10.1. The molecule has 0 radical (unpaired) electrons. The summed E-state index contributed by atoms with van der Waals surface area (Å²) < 4.78 is 20.0. The molecular weight excluding hydrogens is 291 g/mol. The SMILES string of the molecule is COCc1c(C(=O)N[C@@H]2CCNC2)sc2cccc(F)c12. The van der Waals surface area contributed by atoms with Gasteiger partial charge in [0.05, 0.1) is 11.5 Å². The van der Waals surface area contributed by atoms with Crippen LogP contribution in [0.15, 0.2) is 18.2 Å². The van der Waals surface area contributed by atoms with Gasteiger partial charge in [0.15, 0.2) is 0 Å². The van der Waals surface area contributed by atoms with Crippen LogP contribution in [0.3, 0.4) is 0 Å². The van der Waals surface area contributed by atoms with Crippen LogP contribution in [0, 0.1) is 5.82 Å². The smallest absolute Gasteiger partial charge is 0.262 e. The summed E-state index contributed by atoms with van der Waals surface area (Å²) in [6.45, 7) is 1.92. The molecule has 1 aliphatic heterocycles. The molecule has 1 atom stereocenters. The Balaban J connectivity index is 1.98. The van der Waals surface area contributed by atoms with Gasteiger partial charge in [0.25, 0.3) is 5.91 Å². The van der Waals surface area contributed by atoms with E-state index < -0.39 is 0 Å². The normalized spacial score (nSPS) is 18.3. The van der Waals surface area contributed by atoms with Gasteiger partial charge >= 0.3 is 0 Å². The van der Waals surface area contributed by atoms with Crippen molar-refractivity contribution < 1.29 is 13.9 Å². The van der Waals surface area contributed by atoms with Crippen molar-refractivity contribution in [2.75, 3.05) is 20.2 Å². The molecule has 2 N–H and O–H groups in total. The van der Waals surface area contributed by atoms with E-state index in [9.17, 15) is 9.18 Å². The Hall–Kier alpha value is -1.50. The van der Waals surface area contributed by atoms with Crippen LogP contribution in [0.4, 0.5) is 4.39 Å². The topological polar surface area (TPSA) is 50.4 Å². The first-order chi connectivity index (χ1) is 10.2. The summed E-state index contributed by atoms with van der Waals surface area (Å²) in [5.41, 5.74) is 0.638. The average Bonchev–Trinajstić information content (AvgIpc) is 3.08. The molecular formula is C15H17FN2O2S. The van der Waals surface area contributed by atoms with E-state index in [1.54, 1.807) is 13.2 Å². The zero-order valence-electron chi connectivity index (χ0n) is 11.7. The minimum atomic E-state index is -0.308. The van der Waals surface area contributed by atoms with Gasteiger partial charge in [-0.3, -0.25) is 4.79 Å². The van der Waals surface area contributed by atoms with Crippen molar-refractivity contribution in [1.29, 1.82) is 0 Å². The van der Waals surface area contributed by atoms with E-state index in [-0.39, 0.29) is 24.4 Å². The van der Waals surface area contributed by atoms with Gasteiger partial charge in [-0.2, -0.15) is 0 Å². The number of ether oxygens (including phenoxy) is 1. The first-order valence-electron chi connectivity index (χ1n) is 6.91. The number of carbonyl (C=O) groups is 1. The van der Waals surface area contributed by atoms with Gasteiger partial charge in [-0.1, -0.05) is 6.07 Å². The van der Waals surface area contributed by atoms with Crippen LogP contribution in [-0.4, -0.2) is 32.1 Å². The van der Waals surface area contributed by atoms with Crippen LogP contribution in [-0.2, 0) is 11.3 Å². The summed E-state index contributed by atoms with van der Waals surface area (Å²) in [6, 6.07) is 5.04. The molecule has 0 bridgehead atoms. The highest BCUT2D eigenvalue weighted by molar-refractivity contribution is 7.21. The van der Waals surface area contributed by atoms with Gasteiger partial charge in [0, 0.05) is 35.3 Å². The number of thiophene rings is 1. The monoisotopic (exact) mass is 308 g/mol. The first kappa shape index (κ1) is 14.4. The fourth-order valence-corrected chi connectivity index (χ4v) is 3.79. The van der Waals surface area contributed by atoms with Crippen molar-refractivity contribution in [3.63, 3.8) is 0 Å². The van der Waals surface area contributed by atoms with Crippen LogP contribution < -0.4 is 10.6 Å². The maximum absolute atomic E-state index is 14.1. The van der Waals surface area contributed by atoms with E-state index in [4.69, 9.17) is 4.74 Å². The molecule has 1 aliphatic rings. The number of fused-ring (bicyclic) bond motifs is 1. The second-order valence-electron chi connectivity index (χ2n) is 5.12. The lowest BCUT2D eigenvalue weighted by Crippen LogP contribution is -2.36. The molecule has 4 nitrogen and oxygen atoms in total. The number of hydrogen-bond acceptors (Lipinski definition) is 4. The Morgan fingerprint density at radius 1 is 1.57 bits per heavy atom. The molecule has 0 saturated carbocycles. The summed E-state index contributed by atoms with van der Waals surface area (Å²) in [4.78, 5) is 13.0. The number of rotatable bonds is 4. The summed E-state index contributed by atoms with van der Waals surface area (Å²) in [5.74, 6) is -0.450. The highest BCUT2D eigenvalue weighted by atomic mass is 32.1. The fourth-order valence-electron chi connectivity index (χ4n) is 2.66. The third-order valence-corrected chi connectivity index (χ3v) is 4.85. The van der Waals surface area contributed by atoms with E-state index in [0.29, 0.717) is 15.8 Å². The summed E-state index contributed by atoms with van der Waals surface area (Å²) in [6.07, 6.45) is 0.921. The summed E-state index contributed by atoms with van der Waals surface area (Å²) in [5, 5.41) is 6.71. The molecule has 2 heterocycles. The molecule has 1 amide bonds. The first-order valence-corrected chi connectivity index (χ1v) is 7.72. The average molecular weight is 308 g/mol. The van der Waals surface area contributed by atoms with E-state index in [0.717, 1.165) is 24.2 Å². The maximum atomic E-state index is 14.1. The predicted octanol–water partition coefficient (Wildman–Crippen LogP) is 2.28. The Morgan fingerprint density at radius 3 is 3.14 bits per heavy atom. The van der Waals surface area contributed by atoms with Crippen LogP contribution in [0.1, 0.15) is 21.7 Å². The molecule has 1 aromatic heterocycles. The quantitative estimate of drug-likeness (QED) is 0.911. The van der Waals surface area contributed by atoms with Gasteiger partial charge < -0.3 is 15.4 Å². The Bertz CT molecular complexity index is 665. The zero-order valence-corrected chi connectivity index (χ0v) is 12.6. The van der Waals surface area contributed by atoms with Gasteiger partial charge in [-0.15, -0.1) is 11.3 Å². The molecule has 21 heavy (non-hydrogen) atoms. The third kappa shape index (κ3) is 2.79. The van der Waals surface area contributed by atoms with Crippen LogP contribution in [0.5, 0.6) is 0 Å². The van der Waals surface area contributed by atoms with E-state index >= 15 is 0 Å². The number of methoxy groups -OCH3 is 1. The summed E-state index contributed by atoms with van der Waals surface area (Å²) >= 11 is 1.32. The van der Waals surface area contributed by atoms with E-state index in [2.05, 4.69) is 10.6 Å². The number of benzene rings is 1. The minimum absolute atomic E-state index is 0.142. The zero-order chi connectivity index (χ0) is 14.8. The van der Waals surface area contributed by atoms with Crippen molar-refractivity contribution in [1.82, 2.24) is 10.6 Å². The lowest BCUT2D eigenvalue weighted by Gasteiger charge is -2.11. The number of amides is 1. The standard InChI is InChI=1S/C15H17FN2O2S/c1-20-8-10-13-11(16)3-2-4-12(13)21-14(10)15(19)18-9-5-6-17-7-9/h2-4,9,17H,5-8H2,1H3,(H,18,19)/t9-/m1/s1. The van der Waals surface area contributed by atoms with Crippen LogP contribution in [0.2, 0.25) is 0 Å². The lowest BCUT2D eigenvalue weighted by molar-refractivity contribution is 0.0940. The number of nitrogens with one attached hydrogen (secondary N) is 2. The van der Waals surface area contributed by atoms with E-state index in [1.807, 2.05) is 6.07 Å². The van der Waals surface area contributed by atoms with Crippen LogP contribution >= 0.6 is 11.3 Å². The number of hydrogen-bond donors (Lipinski definition) is 2. The molecule has 2 aromatic rings. The van der Waals surface area contributed by atoms with Crippen molar-refractivity contribution in [2.24, 2.45) is 0 Å². The molecule has 1 aromatic carbocycles. The highest BCUT2D eigenvalue weighted by Gasteiger charge is 2.23. The number of carbonyl (C=O) groups excluding carboxylic acids is 1.